The van der Waals surface area contributed by atoms with Crippen LogP contribution in [0.1, 0.15) is 11.3 Å². The van der Waals surface area contributed by atoms with E-state index in [9.17, 15) is 9.18 Å². The minimum Gasteiger partial charge on any atom is -0.296 e. The van der Waals surface area contributed by atoms with Gasteiger partial charge >= 0.3 is 0 Å². The van der Waals surface area contributed by atoms with E-state index in [4.69, 9.17) is 0 Å². The lowest BCUT2D eigenvalue weighted by atomic mass is 10.3. The Morgan fingerprint density at radius 2 is 1.94 bits per heavy atom. The van der Waals surface area contributed by atoms with Crippen molar-refractivity contribution in [3.63, 3.8) is 0 Å². The number of hydrogen-bond acceptors (Lipinski definition) is 2. The number of halogens is 1. The number of aromatic nitrogens is 2. The first-order chi connectivity index (χ1) is 8.15. The second kappa shape index (κ2) is 3.56. The summed E-state index contributed by atoms with van der Waals surface area (Å²) < 4.78 is 14.3. The van der Waals surface area contributed by atoms with E-state index in [1.165, 1.54) is 16.8 Å². The fourth-order valence-corrected chi connectivity index (χ4v) is 2.18. The van der Waals surface area contributed by atoms with Crippen molar-refractivity contribution >= 4 is 0 Å². The van der Waals surface area contributed by atoms with E-state index in [0.717, 1.165) is 17.8 Å². The van der Waals surface area contributed by atoms with Gasteiger partial charge in [0, 0.05) is 13.1 Å². The highest BCUT2D eigenvalue weighted by Crippen LogP contribution is 2.17. The Labute approximate surface area is 97.3 Å². The summed E-state index contributed by atoms with van der Waals surface area (Å²) in [5.74, 6) is -0.305. The molecule has 4 nitrogen and oxygen atoms in total. The number of H-pyrrole nitrogens is 1. The van der Waals surface area contributed by atoms with Gasteiger partial charge in [-0.25, -0.2) is 9.07 Å². The average molecular weight is 233 g/mol. The lowest BCUT2D eigenvalue weighted by Gasteiger charge is -2.06. The molecule has 17 heavy (non-hydrogen) atoms. The van der Waals surface area contributed by atoms with Crippen LogP contribution in [-0.2, 0) is 13.1 Å². The van der Waals surface area contributed by atoms with Crippen LogP contribution in [0.25, 0.3) is 5.69 Å². The average Bonchev–Trinajstić information content (AvgIpc) is 2.79. The highest BCUT2D eigenvalue weighted by Gasteiger charge is 2.23. The van der Waals surface area contributed by atoms with Crippen molar-refractivity contribution in [2.45, 2.75) is 13.1 Å². The van der Waals surface area contributed by atoms with E-state index in [2.05, 4.69) is 10.00 Å². The molecule has 1 N–H and O–H groups in total. The Balaban J connectivity index is 2.09. The van der Waals surface area contributed by atoms with E-state index in [1.807, 2.05) is 7.05 Å². The van der Waals surface area contributed by atoms with Gasteiger partial charge in [0.05, 0.1) is 16.9 Å². The number of benzene rings is 1. The molecule has 0 spiro atoms. The summed E-state index contributed by atoms with van der Waals surface area (Å²) in [5, 5.41) is 3.07. The molecule has 0 saturated carbocycles. The predicted molar refractivity (Wildman–Crippen MR) is 61.5 cm³/mol. The topological polar surface area (TPSA) is 41.0 Å². The van der Waals surface area contributed by atoms with Gasteiger partial charge in [0.25, 0.3) is 5.56 Å². The monoisotopic (exact) mass is 233 g/mol. The summed E-state index contributed by atoms with van der Waals surface area (Å²) in [6.45, 7) is 1.41. The molecular formula is C12H12FN3O. The third-order valence-corrected chi connectivity index (χ3v) is 3.01. The fraction of sp³-hybridized carbons (Fsp3) is 0.250. The predicted octanol–water partition coefficient (Wildman–Crippen LogP) is 1.25. The van der Waals surface area contributed by atoms with Gasteiger partial charge in [-0.05, 0) is 31.3 Å². The summed E-state index contributed by atoms with van der Waals surface area (Å²) >= 11 is 0. The third kappa shape index (κ3) is 1.59. The van der Waals surface area contributed by atoms with Crippen LogP contribution in [-0.4, -0.2) is 21.7 Å². The molecular weight excluding hydrogens is 221 g/mol. The van der Waals surface area contributed by atoms with E-state index in [0.29, 0.717) is 12.2 Å². The van der Waals surface area contributed by atoms with Crippen molar-refractivity contribution < 1.29 is 4.39 Å². The maximum absolute atomic E-state index is 12.8. The molecule has 1 aromatic carbocycles. The SMILES string of the molecule is CN1Cc2[nH]n(-c3ccc(F)cc3)c(=O)c2C1. The van der Waals surface area contributed by atoms with Crippen molar-refractivity contribution in [1.82, 2.24) is 14.7 Å². The highest BCUT2D eigenvalue weighted by molar-refractivity contribution is 5.34. The molecule has 0 unspecified atom stereocenters. The van der Waals surface area contributed by atoms with Gasteiger partial charge in [-0.3, -0.25) is 14.8 Å². The second-order valence-electron chi connectivity index (χ2n) is 4.36. The van der Waals surface area contributed by atoms with Crippen LogP contribution in [0.4, 0.5) is 4.39 Å². The molecule has 0 bridgehead atoms. The smallest absolute Gasteiger partial charge is 0.276 e. The fourth-order valence-electron chi connectivity index (χ4n) is 2.18. The Hall–Kier alpha value is -1.88. The molecule has 88 valence electrons. The minimum atomic E-state index is -0.305. The highest BCUT2D eigenvalue weighted by atomic mass is 19.1. The van der Waals surface area contributed by atoms with Crippen LogP contribution >= 0.6 is 0 Å². The first kappa shape index (κ1) is 10.3. The molecule has 1 aliphatic heterocycles. The number of nitrogens with one attached hydrogen (secondary N) is 1. The third-order valence-electron chi connectivity index (χ3n) is 3.01. The number of aromatic amines is 1. The lowest BCUT2D eigenvalue weighted by molar-refractivity contribution is 0.346. The molecule has 0 fully saturated rings. The van der Waals surface area contributed by atoms with Gasteiger partial charge in [-0.2, -0.15) is 0 Å². The van der Waals surface area contributed by atoms with Crippen LogP contribution in [0, 0.1) is 5.82 Å². The van der Waals surface area contributed by atoms with E-state index < -0.39 is 0 Å². The van der Waals surface area contributed by atoms with Crippen molar-refractivity contribution in [2.24, 2.45) is 0 Å². The van der Waals surface area contributed by atoms with Gasteiger partial charge in [-0.15, -0.1) is 0 Å². The molecule has 5 heteroatoms. The standard InChI is InChI=1S/C12H12FN3O/c1-15-6-10-11(7-15)14-16(12(10)17)9-4-2-8(13)3-5-9/h2-5,14H,6-7H2,1H3. The normalized spacial score (nSPS) is 15.2. The van der Waals surface area contributed by atoms with Crippen LogP contribution in [0.5, 0.6) is 0 Å². The molecule has 3 rings (SSSR count). The maximum Gasteiger partial charge on any atom is 0.276 e. The first-order valence-corrected chi connectivity index (χ1v) is 5.42. The number of hydrogen-bond donors (Lipinski definition) is 1. The molecule has 0 saturated heterocycles. The minimum absolute atomic E-state index is 0.0454. The summed E-state index contributed by atoms with van der Waals surface area (Å²) in [4.78, 5) is 14.2. The van der Waals surface area contributed by atoms with Gasteiger partial charge in [0.2, 0.25) is 0 Å². The summed E-state index contributed by atoms with van der Waals surface area (Å²) in [7, 11) is 1.97. The van der Waals surface area contributed by atoms with Crippen molar-refractivity contribution in [1.29, 1.82) is 0 Å². The van der Waals surface area contributed by atoms with Gasteiger partial charge in [0.15, 0.2) is 0 Å². The number of rotatable bonds is 1. The van der Waals surface area contributed by atoms with Gasteiger partial charge in [0.1, 0.15) is 5.82 Å². The van der Waals surface area contributed by atoms with Crippen LogP contribution < -0.4 is 5.56 Å². The molecule has 0 amide bonds. The Bertz CT molecular complexity index is 612. The zero-order valence-corrected chi connectivity index (χ0v) is 9.40. The quantitative estimate of drug-likeness (QED) is 0.805. The van der Waals surface area contributed by atoms with Crippen molar-refractivity contribution in [2.75, 3.05) is 7.05 Å². The van der Waals surface area contributed by atoms with E-state index in [-0.39, 0.29) is 11.4 Å². The van der Waals surface area contributed by atoms with Crippen molar-refractivity contribution in [3.05, 3.63) is 51.7 Å². The first-order valence-electron chi connectivity index (χ1n) is 5.42. The molecule has 2 heterocycles. The molecule has 2 aromatic rings. The summed E-state index contributed by atoms with van der Waals surface area (Å²) in [6, 6.07) is 5.87. The zero-order valence-electron chi connectivity index (χ0n) is 9.40. The van der Waals surface area contributed by atoms with Crippen LogP contribution in [0.15, 0.2) is 29.1 Å². The van der Waals surface area contributed by atoms with Crippen molar-refractivity contribution in [3.8, 4) is 5.69 Å². The van der Waals surface area contributed by atoms with E-state index >= 15 is 0 Å². The Morgan fingerprint density at radius 1 is 1.24 bits per heavy atom. The number of nitrogens with zero attached hydrogens (tertiary/aromatic N) is 2. The lowest BCUT2D eigenvalue weighted by Crippen LogP contribution is -2.20. The molecule has 1 aliphatic rings. The molecule has 0 radical (unpaired) electrons. The van der Waals surface area contributed by atoms with Crippen LogP contribution in [0.3, 0.4) is 0 Å². The Kier molecular flexibility index (Phi) is 2.16. The van der Waals surface area contributed by atoms with Crippen LogP contribution in [0.2, 0.25) is 0 Å². The van der Waals surface area contributed by atoms with Gasteiger partial charge in [-0.1, -0.05) is 0 Å². The summed E-state index contributed by atoms with van der Waals surface area (Å²) in [6.07, 6.45) is 0. The second-order valence-corrected chi connectivity index (χ2v) is 4.36. The molecule has 1 aromatic heterocycles. The molecule has 0 atom stereocenters. The zero-order chi connectivity index (χ0) is 12.0. The maximum atomic E-state index is 12.8. The Morgan fingerprint density at radius 3 is 2.59 bits per heavy atom. The summed E-state index contributed by atoms with van der Waals surface area (Å²) in [5.41, 5.74) is 2.36. The van der Waals surface area contributed by atoms with Gasteiger partial charge < -0.3 is 0 Å². The number of fused-ring (bicyclic) bond motifs is 1. The largest absolute Gasteiger partial charge is 0.296 e. The van der Waals surface area contributed by atoms with E-state index in [1.54, 1.807) is 12.1 Å². The molecule has 0 aliphatic carbocycles.